The average molecular weight is 184 g/mol. The molecule has 4 nitrogen and oxygen atoms in total. The van der Waals surface area contributed by atoms with Crippen LogP contribution >= 0.6 is 0 Å². The molecule has 1 fully saturated rings. The van der Waals surface area contributed by atoms with Gasteiger partial charge in [-0.3, -0.25) is 0 Å². The average Bonchev–Trinajstić information content (AvgIpc) is 2.19. The smallest absolute Gasteiger partial charge is 0.137 e. The fourth-order valence-corrected chi connectivity index (χ4v) is 1.33. The molecule has 0 bridgehead atoms. The van der Waals surface area contributed by atoms with Crippen LogP contribution in [0, 0.1) is 0 Å². The van der Waals surface area contributed by atoms with E-state index in [4.69, 9.17) is 10.5 Å². The molecule has 1 aliphatic rings. The Morgan fingerprint density at radius 2 is 2.23 bits per heavy atom. The number of rotatable bonds is 4. The van der Waals surface area contributed by atoms with Gasteiger partial charge in [-0.1, -0.05) is 6.58 Å². The van der Waals surface area contributed by atoms with Gasteiger partial charge in [-0.05, 0) is 0 Å². The van der Waals surface area contributed by atoms with Crippen LogP contribution in [0.2, 0.25) is 0 Å². The Kier molecular flexibility index (Phi) is 3.92. The van der Waals surface area contributed by atoms with Gasteiger partial charge in [-0.25, -0.2) is 0 Å². The monoisotopic (exact) mass is 184 g/mol. The van der Waals surface area contributed by atoms with Crippen molar-refractivity contribution < 1.29 is 9.53 Å². The van der Waals surface area contributed by atoms with E-state index in [-0.39, 0.29) is 0 Å². The molecule has 0 amide bonds. The molecule has 1 rings (SSSR count). The van der Waals surface area contributed by atoms with Gasteiger partial charge in [-0.2, -0.15) is 0 Å². The number of carbonyl (C=O) groups is 1. The molecule has 0 aromatic carbocycles. The van der Waals surface area contributed by atoms with Crippen molar-refractivity contribution in [3.8, 4) is 0 Å². The predicted octanol–water partition coefficient (Wildman–Crippen LogP) is -0.251. The summed E-state index contributed by atoms with van der Waals surface area (Å²) in [6.45, 7) is 7.06. The fraction of sp³-hybridized carbons (Fsp3) is 0.667. The van der Waals surface area contributed by atoms with Gasteiger partial charge < -0.3 is 20.2 Å². The van der Waals surface area contributed by atoms with Crippen LogP contribution in [-0.4, -0.2) is 43.5 Å². The summed E-state index contributed by atoms with van der Waals surface area (Å²) in [6, 6.07) is -0.421. The minimum atomic E-state index is -0.421. The van der Waals surface area contributed by atoms with E-state index in [0.717, 1.165) is 38.3 Å². The second kappa shape index (κ2) is 4.99. The number of nitrogens with two attached hydrogens (primary N) is 1. The van der Waals surface area contributed by atoms with Gasteiger partial charge >= 0.3 is 0 Å². The van der Waals surface area contributed by atoms with Crippen molar-refractivity contribution in [2.24, 2.45) is 5.73 Å². The van der Waals surface area contributed by atoms with Crippen LogP contribution in [0.15, 0.2) is 12.3 Å². The summed E-state index contributed by atoms with van der Waals surface area (Å²) in [4.78, 5) is 12.4. The molecule has 0 aromatic rings. The molecule has 74 valence electrons. The molecular weight excluding hydrogens is 168 g/mol. The maximum absolute atomic E-state index is 10.3. The maximum atomic E-state index is 10.3. The van der Waals surface area contributed by atoms with Gasteiger partial charge in [-0.15, -0.1) is 0 Å². The number of aldehydes is 1. The quantitative estimate of drug-likeness (QED) is 0.612. The predicted molar refractivity (Wildman–Crippen MR) is 50.2 cm³/mol. The van der Waals surface area contributed by atoms with Gasteiger partial charge in [0.15, 0.2) is 0 Å². The first kappa shape index (κ1) is 10.2. The van der Waals surface area contributed by atoms with E-state index in [0.29, 0.717) is 6.42 Å². The summed E-state index contributed by atoms with van der Waals surface area (Å²) in [7, 11) is 0. The number of morpholine rings is 1. The summed E-state index contributed by atoms with van der Waals surface area (Å²) in [6.07, 6.45) is 1.30. The summed E-state index contributed by atoms with van der Waals surface area (Å²) in [5, 5.41) is 0. The fourth-order valence-electron chi connectivity index (χ4n) is 1.33. The summed E-state index contributed by atoms with van der Waals surface area (Å²) in [5.74, 6) is 0. The molecule has 4 heteroatoms. The lowest BCUT2D eigenvalue weighted by atomic mass is 10.2. The Labute approximate surface area is 78.3 Å². The lowest BCUT2D eigenvalue weighted by Crippen LogP contribution is -2.37. The van der Waals surface area contributed by atoms with Crippen molar-refractivity contribution in [3.05, 3.63) is 12.3 Å². The Morgan fingerprint density at radius 1 is 1.62 bits per heavy atom. The van der Waals surface area contributed by atoms with Crippen LogP contribution in [0.5, 0.6) is 0 Å². The number of nitrogens with zero attached hydrogens (tertiary/aromatic N) is 1. The third-order valence-electron chi connectivity index (χ3n) is 2.10. The Bertz CT molecular complexity index is 188. The number of hydrogen-bond acceptors (Lipinski definition) is 4. The van der Waals surface area contributed by atoms with Gasteiger partial charge in [0, 0.05) is 25.2 Å². The molecule has 0 aromatic heterocycles. The molecule has 0 saturated carbocycles. The van der Waals surface area contributed by atoms with Crippen molar-refractivity contribution >= 4 is 6.29 Å². The lowest BCUT2D eigenvalue weighted by molar-refractivity contribution is -0.108. The van der Waals surface area contributed by atoms with Crippen molar-refractivity contribution in [1.82, 2.24) is 4.90 Å². The highest BCUT2D eigenvalue weighted by molar-refractivity contribution is 5.57. The second-order valence-corrected chi connectivity index (χ2v) is 3.17. The van der Waals surface area contributed by atoms with Crippen LogP contribution in [-0.2, 0) is 9.53 Å². The molecule has 0 aliphatic carbocycles. The maximum Gasteiger partial charge on any atom is 0.137 e. The highest BCUT2D eigenvalue weighted by Gasteiger charge is 2.13. The number of carbonyl (C=O) groups excluding carboxylic acids is 1. The van der Waals surface area contributed by atoms with E-state index in [1.54, 1.807) is 0 Å². The molecular formula is C9H16N2O2. The summed E-state index contributed by atoms with van der Waals surface area (Å²) in [5.41, 5.74) is 6.43. The molecule has 1 aliphatic heterocycles. The molecule has 0 radical (unpaired) electrons. The zero-order valence-corrected chi connectivity index (χ0v) is 7.74. The third-order valence-corrected chi connectivity index (χ3v) is 2.10. The van der Waals surface area contributed by atoms with Crippen molar-refractivity contribution in [3.63, 3.8) is 0 Å². The van der Waals surface area contributed by atoms with E-state index in [1.807, 2.05) is 0 Å². The number of ether oxygens (including phenoxy) is 1. The molecule has 13 heavy (non-hydrogen) atoms. The number of hydrogen-bond donors (Lipinski definition) is 1. The highest BCUT2D eigenvalue weighted by atomic mass is 16.5. The highest BCUT2D eigenvalue weighted by Crippen LogP contribution is 2.09. The van der Waals surface area contributed by atoms with Gasteiger partial charge in [0.2, 0.25) is 0 Å². The van der Waals surface area contributed by atoms with Crippen LogP contribution < -0.4 is 5.73 Å². The van der Waals surface area contributed by atoms with E-state index < -0.39 is 6.04 Å². The lowest BCUT2D eigenvalue weighted by Gasteiger charge is -2.30. The van der Waals surface area contributed by atoms with Crippen LogP contribution in [0.1, 0.15) is 6.42 Å². The van der Waals surface area contributed by atoms with Gasteiger partial charge in [0.1, 0.15) is 6.29 Å². The van der Waals surface area contributed by atoms with E-state index in [2.05, 4.69) is 11.5 Å². The molecule has 1 heterocycles. The minimum Gasteiger partial charge on any atom is -0.378 e. The molecule has 0 spiro atoms. The Balaban J connectivity index is 2.32. The van der Waals surface area contributed by atoms with Crippen LogP contribution in [0.25, 0.3) is 0 Å². The first-order valence-corrected chi connectivity index (χ1v) is 4.45. The Hall–Kier alpha value is -0.870. The molecule has 1 saturated heterocycles. The second-order valence-electron chi connectivity index (χ2n) is 3.17. The standard InChI is InChI=1S/C9H16N2O2/c1-8(6-9(10)7-12)11-2-4-13-5-3-11/h7,9H,1-6,10H2. The van der Waals surface area contributed by atoms with E-state index in [1.165, 1.54) is 0 Å². The first-order valence-electron chi connectivity index (χ1n) is 4.45. The SMILES string of the molecule is C=C(CC(N)C=O)N1CCOCC1. The first-order chi connectivity index (χ1) is 6.24. The normalized spacial score (nSPS) is 19.6. The van der Waals surface area contributed by atoms with E-state index in [9.17, 15) is 4.79 Å². The van der Waals surface area contributed by atoms with Crippen molar-refractivity contribution in [2.75, 3.05) is 26.3 Å². The van der Waals surface area contributed by atoms with Crippen molar-refractivity contribution in [2.45, 2.75) is 12.5 Å². The third kappa shape index (κ3) is 3.16. The Morgan fingerprint density at radius 3 is 2.77 bits per heavy atom. The van der Waals surface area contributed by atoms with Crippen molar-refractivity contribution in [1.29, 1.82) is 0 Å². The van der Waals surface area contributed by atoms with E-state index >= 15 is 0 Å². The zero-order valence-electron chi connectivity index (χ0n) is 7.74. The topological polar surface area (TPSA) is 55.6 Å². The molecule has 1 unspecified atom stereocenters. The van der Waals surface area contributed by atoms with Gasteiger partial charge in [0.25, 0.3) is 0 Å². The summed E-state index contributed by atoms with van der Waals surface area (Å²) >= 11 is 0. The largest absolute Gasteiger partial charge is 0.378 e. The molecule has 1 atom stereocenters. The molecule has 2 N–H and O–H groups in total. The van der Waals surface area contributed by atoms with Crippen LogP contribution in [0.3, 0.4) is 0 Å². The minimum absolute atomic E-state index is 0.421. The van der Waals surface area contributed by atoms with Gasteiger partial charge in [0.05, 0.1) is 19.3 Å². The zero-order chi connectivity index (χ0) is 9.68. The summed E-state index contributed by atoms with van der Waals surface area (Å²) < 4.78 is 5.20. The van der Waals surface area contributed by atoms with Crippen LogP contribution in [0.4, 0.5) is 0 Å².